The third-order valence-corrected chi connectivity index (χ3v) is 7.36. The third-order valence-electron chi connectivity index (χ3n) is 6.62. The predicted molar refractivity (Wildman–Crippen MR) is 154 cm³/mol. The monoisotopic (exact) mass is 568 g/mol. The summed E-state index contributed by atoms with van der Waals surface area (Å²) in [5, 5.41) is 13.6. The lowest BCUT2D eigenvalue weighted by Crippen LogP contribution is -2.22. The molecule has 6 rings (SSSR count). The van der Waals surface area contributed by atoms with Crippen LogP contribution in [0.25, 0.3) is 5.65 Å². The Morgan fingerprint density at radius 2 is 1.85 bits per heavy atom. The Bertz CT molecular complexity index is 1400. The van der Waals surface area contributed by atoms with E-state index in [1.807, 2.05) is 23.3 Å². The van der Waals surface area contributed by atoms with Crippen LogP contribution in [0.15, 0.2) is 71.8 Å². The molecular formula is C29H34F2N6O2S. The summed E-state index contributed by atoms with van der Waals surface area (Å²) in [6, 6.07) is 17.5. The van der Waals surface area contributed by atoms with Crippen molar-refractivity contribution in [2.45, 2.75) is 36.9 Å². The van der Waals surface area contributed by atoms with E-state index in [2.05, 4.69) is 21.0 Å². The van der Waals surface area contributed by atoms with Gasteiger partial charge in [0.1, 0.15) is 29.3 Å². The number of rotatable bonds is 5. The van der Waals surface area contributed by atoms with Crippen molar-refractivity contribution in [3.8, 4) is 5.75 Å². The number of fused-ring (bicyclic) bond motifs is 1. The fourth-order valence-corrected chi connectivity index (χ4v) is 4.96. The van der Waals surface area contributed by atoms with Crippen molar-refractivity contribution in [3.63, 3.8) is 0 Å². The van der Waals surface area contributed by atoms with E-state index in [1.165, 1.54) is 54.3 Å². The number of hydrogen-bond donors (Lipinski definition) is 2. The number of phenolic OH excluding ortho intramolecular Hbond substituents is 1. The molecule has 3 N–H and O–H groups in total. The first kappa shape index (κ1) is 29.3. The largest absolute Gasteiger partial charge is 0.508 e. The van der Waals surface area contributed by atoms with Gasteiger partial charge in [-0.1, -0.05) is 12.1 Å². The van der Waals surface area contributed by atoms with Gasteiger partial charge in [-0.15, -0.1) is 16.9 Å². The lowest BCUT2D eigenvalue weighted by molar-refractivity contribution is 0.0993. The average molecular weight is 569 g/mol. The van der Waals surface area contributed by atoms with Crippen molar-refractivity contribution < 1.29 is 18.7 Å². The van der Waals surface area contributed by atoms with Crippen LogP contribution in [0.4, 0.5) is 14.6 Å². The molecule has 2 saturated heterocycles. The lowest BCUT2D eigenvalue weighted by Gasteiger charge is -2.15. The molecule has 1 amide bonds. The van der Waals surface area contributed by atoms with Gasteiger partial charge in [-0.2, -0.15) is 0 Å². The SMILES string of the molecule is CSc1ccc(F)cc1.NC(=O)c1cnc2ccc(N3CCC(F)C3)nn12.Oc1cccc(CN2CCCC2)c1. The number of halogens is 2. The van der Waals surface area contributed by atoms with E-state index in [1.54, 1.807) is 42.1 Å². The average Bonchev–Trinajstić information content (AvgIpc) is 3.71. The van der Waals surface area contributed by atoms with Gasteiger partial charge in [0.25, 0.3) is 5.91 Å². The number of nitrogens with zero attached hydrogens (tertiary/aromatic N) is 5. The van der Waals surface area contributed by atoms with Gasteiger partial charge in [0, 0.05) is 18.0 Å². The Labute approximate surface area is 236 Å². The van der Waals surface area contributed by atoms with Gasteiger partial charge < -0.3 is 15.7 Å². The Hall–Kier alpha value is -3.70. The number of aromatic nitrogens is 3. The van der Waals surface area contributed by atoms with Gasteiger partial charge >= 0.3 is 0 Å². The molecule has 2 fully saturated rings. The summed E-state index contributed by atoms with van der Waals surface area (Å²) in [5.74, 6) is 0.240. The van der Waals surface area contributed by atoms with Gasteiger partial charge in [0.05, 0.1) is 12.7 Å². The van der Waals surface area contributed by atoms with Crippen LogP contribution >= 0.6 is 11.8 Å². The zero-order chi connectivity index (χ0) is 28.5. The van der Waals surface area contributed by atoms with Crippen LogP contribution in [-0.4, -0.2) is 69.1 Å². The van der Waals surface area contributed by atoms with E-state index in [0.29, 0.717) is 36.7 Å². The molecule has 0 aliphatic carbocycles. The number of benzene rings is 2. The van der Waals surface area contributed by atoms with Crippen molar-refractivity contribution >= 4 is 29.1 Å². The number of carbonyl (C=O) groups excluding carboxylic acids is 1. The highest BCUT2D eigenvalue weighted by Crippen LogP contribution is 2.20. The summed E-state index contributed by atoms with van der Waals surface area (Å²) in [6.45, 7) is 4.35. The number of nitrogens with two attached hydrogens (primary N) is 1. The maximum atomic E-state index is 13.2. The molecule has 11 heteroatoms. The summed E-state index contributed by atoms with van der Waals surface area (Å²) in [7, 11) is 0. The minimum Gasteiger partial charge on any atom is -0.508 e. The standard InChI is InChI=1S/C11H12FN5O.C11H15NO.C7H7FS/c12-7-3-4-16(6-7)10-2-1-9-14-5-8(11(13)18)17(9)15-10;13-11-5-3-4-10(8-11)9-12-6-1-2-7-12;1-9-7-4-2-6(8)3-5-7/h1-2,5,7H,3-4,6H2,(H2,13,18);3-5,8,13H,1-2,6-7,9H2;2-5H,1H3. The summed E-state index contributed by atoms with van der Waals surface area (Å²) >= 11 is 1.61. The van der Waals surface area contributed by atoms with Crippen LogP contribution in [0.3, 0.4) is 0 Å². The fraction of sp³-hybridized carbons (Fsp3) is 0.345. The zero-order valence-electron chi connectivity index (χ0n) is 22.4. The molecule has 2 aromatic carbocycles. The molecule has 0 spiro atoms. The van der Waals surface area contributed by atoms with E-state index in [9.17, 15) is 18.7 Å². The molecule has 2 aromatic heterocycles. The van der Waals surface area contributed by atoms with E-state index in [-0.39, 0.29) is 11.5 Å². The second-order valence-electron chi connectivity index (χ2n) is 9.61. The van der Waals surface area contributed by atoms with Crippen molar-refractivity contribution in [2.75, 3.05) is 37.3 Å². The van der Waals surface area contributed by atoms with Gasteiger partial charge in [-0.3, -0.25) is 9.69 Å². The summed E-state index contributed by atoms with van der Waals surface area (Å²) < 4.78 is 26.8. The number of hydrogen-bond acceptors (Lipinski definition) is 7. The summed E-state index contributed by atoms with van der Waals surface area (Å²) in [6.07, 6.45) is 5.68. The maximum Gasteiger partial charge on any atom is 0.269 e. The Morgan fingerprint density at radius 1 is 1.10 bits per heavy atom. The Kier molecular flexibility index (Phi) is 10.3. The van der Waals surface area contributed by atoms with E-state index < -0.39 is 12.1 Å². The van der Waals surface area contributed by atoms with Gasteiger partial charge in [-0.25, -0.2) is 18.3 Å². The molecule has 2 aliphatic heterocycles. The summed E-state index contributed by atoms with van der Waals surface area (Å²) in [4.78, 5) is 20.6. The van der Waals surface area contributed by atoms with Crippen LogP contribution in [0.5, 0.6) is 5.75 Å². The number of imidazole rings is 1. The van der Waals surface area contributed by atoms with E-state index >= 15 is 0 Å². The zero-order valence-corrected chi connectivity index (χ0v) is 23.2. The number of thioether (sulfide) groups is 1. The molecule has 1 atom stereocenters. The minimum atomic E-state index is -0.819. The van der Waals surface area contributed by atoms with E-state index in [4.69, 9.17) is 5.73 Å². The van der Waals surface area contributed by atoms with Crippen molar-refractivity contribution in [1.82, 2.24) is 19.5 Å². The molecule has 4 heterocycles. The molecule has 0 bridgehead atoms. The fourth-order valence-electron chi connectivity index (χ4n) is 4.55. The van der Waals surface area contributed by atoms with Gasteiger partial charge in [0.2, 0.25) is 0 Å². The molecule has 4 aromatic rings. The number of primary amides is 1. The lowest BCUT2D eigenvalue weighted by atomic mass is 10.2. The number of amides is 1. The number of likely N-dealkylation sites (tertiary alicyclic amines) is 1. The first-order valence-corrected chi connectivity index (χ1v) is 14.4. The first-order chi connectivity index (χ1) is 19.3. The second kappa shape index (κ2) is 14.1. The molecule has 212 valence electrons. The third kappa shape index (κ3) is 8.15. The number of phenols is 1. The Balaban J connectivity index is 0.000000148. The highest BCUT2D eigenvalue weighted by atomic mass is 32.2. The molecule has 0 saturated carbocycles. The van der Waals surface area contributed by atoms with Crippen molar-refractivity contribution in [2.24, 2.45) is 5.73 Å². The highest BCUT2D eigenvalue weighted by molar-refractivity contribution is 7.98. The van der Waals surface area contributed by atoms with Crippen LogP contribution in [0.1, 0.15) is 35.3 Å². The minimum absolute atomic E-state index is 0.173. The molecule has 2 aliphatic rings. The number of carbonyl (C=O) groups is 1. The van der Waals surface area contributed by atoms with Gasteiger partial charge in [0.15, 0.2) is 5.65 Å². The molecule has 40 heavy (non-hydrogen) atoms. The Morgan fingerprint density at radius 3 is 2.48 bits per heavy atom. The number of aromatic hydroxyl groups is 1. The quantitative estimate of drug-likeness (QED) is 0.330. The molecule has 8 nitrogen and oxygen atoms in total. The maximum absolute atomic E-state index is 13.2. The summed E-state index contributed by atoms with van der Waals surface area (Å²) in [5.41, 5.74) is 7.22. The first-order valence-electron chi connectivity index (χ1n) is 13.2. The van der Waals surface area contributed by atoms with Crippen LogP contribution in [0, 0.1) is 5.82 Å². The molecule has 1 unspecified atom stereocenters. The number of anilines is 1. The smallest absolute Gasteiger partial charge is 0.269 e. The molecular weight excluding hydrogens is 534 g/mol. The second-order valence-corrected chi connectivity index (χ2v) is 10.5. The van der Waals surface area contributed by atoms with E-state index in [0.717, 1.165) is 11.4 Å². The van der Waals surface area contributed by atoms with Crippen LogP contribution in [0.2, 0.25) is 0 Å². The highest BCUT2D eigenvalue weighted by Gasteiger charge is 2.23. The van der Waals surface area contributed by atoms with Crippen molar-refractivity contribution in [1.29, 1.82) is 0 Å². The van der Waals surface area contributed by atoms with Crippen LogP contribution in [-0.2, 0) is 6.54 Å². The normalized spacial score (nSPS) is 16.8. The van der Waals surface area contributed by atoms with Crippen molar-refractivity contribution in [3.05, 3.63) is 83.9 Å². The van der Waals surface area contributed by atoms with Crippen LogP contribution < -0.4 is 10.6 Å². The molecule has 0 radical (unpaired) electrons. The van der Waals surface area contributed by atoms with Gasteiger partial charge in [-0.05, 0) is 92.7 Å². The predicted octanol–water partition coefficient (Wildman–Crippen LogP) is 4.91. The number of alkyl halides is 1. The topological polar surface area (TPSA) is 100.0 Å².